The Morgan fingerprint density at radius 1 is 1.04 bits per heavy atom. The van der Waals surface area contributed by atoms with E-state index in [1.54, 1.807) is 35.0 Å². The van der Waals surface area contributed by atoms with Crippen LogP contribution in [-0.4, -0.2) is 126 Å². The number of methoxy groups -OCH3 is 2. The highest BCUT2D eigenvalue weighted by molar-refractivity contribution is 5.79. The third-order valence-electron chi connectivity index (χ3n) is 10.4. The lowest BCUT2D eigenvalue weighted by Crippen LogP contribution is -2.46. The molecule has 3 aliphatic rings. The first-order valence-electron chi connectivity index (χ1n) is 18.5. The summed E-state index contributed by atoms with van der Waals surface area (Å²) in [6.07, 6.45) is -3.66. The number of ether oxygens (including phenoxy) is 6. The van der Waals surface area contributed by atoms with Crippen molar-refractivity contribution < 1.29 is 58.4 Å². The summed E-state index contributed by atoms with van der Waals surface area (Å²) in [7, 11) is 3.25. The van der Waals surface area contributed by atoms with Gasteiger partial charge in [-0.1, -0.05) is 27.0 Å². The van der Waals surface area contributed by atoms with Crippen LogP contribution in [-0.2, 0) is 33.2 Å². The number of hydrogen-bond acceptors (Lipinski definition) is 12. The third kappa shape index (κ3) is 13.1. The van der Waals surface area contributed by atoms with E-state index in [2.05, 4.69) is 32.3 Å². The van der Waals surface area contributed by atoms with E-state index >= 15 is 0 Å². The number of aliphatic hydroxyl groups excluding tert-OH is 3. The maximum absolute atomic E-state index is 13.6. The molecule has 0 spiro atoms. The number of rotatable bonds is 18. The second-order valence-electron chi connectivity index (χ2n) is 15.6. The fourth-order valence-corrected chi connectivity index (χ4v) is 7.57. The van der Waals surface area contributed by atoms with Gasteiger partial charge in [-0.2, -0.15) is 0 Å². The van der Waals surface area contributed by atoms with Crippen LogP contribution in [0.3, 0.4) is 0 Å². The molecule has 13 nitrogen and oxygen atoms in total. The summed E-state index contributed by atoms with van der Waals surface area (Å²) in [5, 5.41) is 43.0. The maximum Gasteiger partial charge on any atom is 0.407 e. The predicted octanol–water partition coefficient (Wildman–Crippen LogP) is 3.73. The first-order valence-corrected chi connectivity index (χ1v) is 18.5. The van der Waals surface area contributed by atoms with Gasteiger partial charge in [0.15, 0.2) is 6.29 Å². The lowest BCUT2D eigenvalue weighted by molar-refractivity contribution is -0.218. The Kier molecular flexibility index (Phi) is 17.0. The average molecular weight is 728 g/mol. The number of aliphatic hydroxyl groups is 4. The Balaban J connectivity index is 1.75. The molecular weight excluding hydrogens is 662 g/mol. The molecule has 1 amide bonds. The van der Waals surface area contributed by atoms with E-state index in [1.807, 2.05) is 0 Å². The summed E-state index contributed by atoms with van der Waals surface area (Å²) in [5.74, 6) is -0.314. The molecule has 51 heavy (non-hydrogen) atoms. The van der Waals surface area contributed by atoms with Gasteiger partial charge in [0.2, 0.25) is 0 Å². The van der Waals surface area contributed by atoms with Gasteiger partial charge in [0.05, 0.1) is 54.9 Å². The minimum atomic E-state index is -1.86. The smallest absolute Gasteiger partial charge is 0.407 e. The molecule has 7 unspecified atom stereocenters. The van der Waals surface area contributed by atoms with E-state index in [9.17, 15) is 30.0 Å². The number of alkyl carbamates (subject to hydrolysis) is 1. The molecule has 3 rings (SSSR count). The van der Waals surface area contributed by atoms with Crippen molar-refractivity contribution in [3.63, 3.8) is 0 Å². The normalized spacial score (nSPS) is 32.8. The number of nitrogens with one attached hydrogen (secondary N) is 1. The van der Waals surface area contributed by atoms with Gasteiger partial charge in [0.25, 0.3) is 0 Å². The number of ketones is 1. The van der Waals surface area contributed by atoms with Crippen LogP contribution >= 0.6 is 0 Å². The summed E-state index contributed by atoms with van der Waals surface area (Å²) >= 11 is 0. The Bertz CT molecular complexity index is 1140. The molecular formula is C38H65NO12. The standard InChI is InChI=1S/C38H65NO12/c1-10-21(2)30(46-8)14-12-26-15-22(3)23(4)31(48-26)19-32-28(17-24(40)16-27-11-13-29(42)35(49-27)36(43)44)34(47-9)33(50-32)18-25(41)20-39-37(45)51-38(5,6)7/h22,25-36,41-44H,2,4,10-20H2,1,3,5-9H3,(H,39,45)/t22-,25?,26?,27?,28?,29?,30?,31?,32+,33-,34-,35+/m1/s1. The molecule has 3 fully saturated rings. The van der Waals surface area contributed by atoms with Crippen LogP contribution < -0.4 is 5.32 Å². The van der Waals surface area contributed by atoms with Crippen molar-refractivity contribution in [1.29, 1.82) is 0 Å². The summed E-state index contributed by atoms with van der Waals surface area (Å²) in [4.78, 5) is 25.8. The van der Waals surface area contributed by atoms with Gasteiger partial charge in [-0.25, -0.2) is 4.79 Å². The first kappa shape index (κ1) is 43.5. The van der Waals surface area contributed by atoms with Gasteiger partial charge in [0, 0.05) is 52.4 Å². The fraction of sp³-hybridized carbons (Fsp3) is 0.842. The fourth-order valence-electron chi connectivity index (χ4n) is 7.57. The van der Waals surface area contributed by atoms with Crippen LogP contribution in [0, 0.1) is 11.8 Å². The lowest BCUT2D eigenvalue weighted by atomic mass is 9.81. The molecule has 0 aliphatic carbocycles. The average Bonchev–Trinajstić information content (AvgIpc) is 3.36. The molecule has 0 aromatic rings. The zero-order valence-electron chi connectivity index (χ0n) is 31.8. The van der Waals surface area contributed by atoms with Crippen LogP contribution in [0.15, 0.2) is 24.3 Å². The monoisotopic (exact) mass is 727 g/mol. The molecule has 0 saturated carbocycles. The molecule has 5 N–H and O–H groups in total. The summed E-state index contributed by atoms with van der Waals surface area (Å²) < 4.78 is 35.9. The van der Waals surface area contributed by atoms with Crippen molar-refractivity contribution >= 4 is 11.9 Å². The highest BCUT2D eigenvalue weighted by Crippen LogP contribution is 2.41. The van der Waals surface area contributed by atoms with Crippen molar-refractivity contribution in [3.8, 4) is 0 Å². The Labute approximate surface area is 304 Å². The van der Waals surface area contributed by atoms with Crippen LogP contribution in [0.2, 0.25) is 0 Å². The summed E-state index contributed by atoms with van der Waals surface area (Å²) in [6, 6.07) is 0. The molecule has 3 aliphatic heterocycles. The highest BCUT2D eigenvalue weighted by Gasteiger charge is 2.48. The zero-order valence-corrected chi connectivity index (χ0v) is 31.8. The SMILES string of the molecule is C=C(CC)C(CCC1C[C@@H](C)C(=C)C(C[C@@H]2O[C@H](CC(O)CNC(=O)OC(C)(C)C)[C@H](OC)C2CC(=O)CC2CCC(O)[C@@H](C(O)O)O2)O1)OC. The summed E-state index contributed by atoms with van der Waals surface area (Å²) in [5.41, 5.74) is 1.33. The molecule has 3 saturated heterocycles. The molecule has 0 radical (unpaired) electrons. The maximum atomic E-state index is 13.6. The minimum Gasteiger partial charge on any atom is -0.444 e. The van der Waals surface area contributed by atoms with Crippen LogP contribution in [0.4, 0.5) is 4.79 Å². The second kappa shape index (κ2) is 19.9. The van der Waals surface area contributed by atoms with Gasteiger partial charge < -0.3 is 54.2 Å². The summed E-state index contributed by atoms with van der Waals surface area (Å²) in [6.45, 7) is 18.0. The van der Waals surface area contributed by atoms with Gasteiger partial charge >= 0.3 is 6.09 Å². The van der Waals surface area contributed by atoms with E-state index in [0.29, 0.717) is 12.8 Å². The van der Waals surface area contributed by atoms with Gasteiger partial charge in [-0.15, -0.1) is 0 Å². The minimum absolute atomic E-state index is 0.0253. The van der Waals surface area contributed by atoms with Gasteiger partial charge in [-0.3, -0.25) is 4.79 Å². The molecule has 294 valence electrons. The molecule has 0 aromatic carbocycles. The Morgan fingerprint density at radius 2 is 1.75 bits per heavy atom. The van der Waals surface area contributed by atoms with E-state index < -0.39 is 66.6 Å². The van der Waals surface area contributed by atoms with Crippen molar-refractivity contribution in [3.05, 3.63) is 24.3 Å². The van der Waals surface area contributed by atoms with E-state index in [-0.39, 0.29) is 62.2 Å². The van der Waals surface area contributed by atoms with E-state index in [4.69, 9.17) is 28.4 Å². The molecule has 13 heteroatoms. The van der Waals surface area contributed by atoms with Crippen molar-refractivity contribution in [2.24, 2.45) is 11.8 Å². The first-order chi connectivity index (χ1) is 24.0. The number of carbonyl (C=O) groups is 2. The largest absolute Gasteiger partial charge is 0.444 e. The molecule has 0 bridgehead atoms. The lowest BCUT2D eigenvalue weighted by Gasteiger charge is -2.38. The van der Waals surface area contributed by atoms with Crippen molar-refractivity contribution in [2.75, 3.05) is 20.8 Å². The molecule has 0 aromatic heterocycles. The van der Waals surface area contributed by atoms with E-state index in [1.165, 1.54) is 0 Å². The Hall–Kier alpha value is -1.94. The topological polar surface area (TPSA) is 182 Å². The Morgan fingerprint density at radius 3 is 2.35 bits per heavy atom. The number of hydrogen-bond donors (Lipinski definition) is 5. The second-order valence-corrected chi connectivity index (χ2v) is 15.6. The quantitative estimate of drug-likeness (QED) is 0.102. The van der Waals surface area contributed by atoms with Crippen LogP contribution in [0.25, 0.3) is 0 Å². The van der Waals surface area contributed by atoms with Crippen molar-refractivity contribution in [2.45, 2.75) is 172 Å². The number of amides is 1. The molecule has 3 heterocycles. The number of carbonyl (C=O) groups excluding carboxylic acids is 2. The molecule has 12 atom stereocenters. The van der Waals surface area contributed by atoms with E-state index in [0.717, 1.165) is 36.8 Å². The van der Waals surface area contributed by atoms with Crippen LogP contribution in [0.5, 0.6) is 0 Å². The van der Waals surface area contributed by atoms with Crippen molar-refractivity contribution in [1.82, 2.24) is 5.32 Å². The predicted molar refractivity (Wildman–Crippen MR) is 190 cm³/mol. The van der Waals surface area contributed by atoms with Gasteiger partial charge in [-0.05, 0) is 76.4 Å². The van der Waals surface area contributed by atoms with Crippen LogP contribution in [0.1, 0.15) is 98.8 Å². The number of Topliss-reactive ketones (excluding diaryl/α,β-unsaturated/α-hetero) is 1. The van der Waals surface area contributed by atoms with Gasteiger partial charge in [0.1, 0.15) is 17.5 Å². The highest BCUT2D eigenvalue weighted by atomic mass is 16.6. The zero-order chi connectivity index (χ0) is 38.0. The third-order valence-corrected chi connectivity index (χ3v) is 10.4.